The number of para-hydroxylation sites is 3. The van der Waals surface area contributed by atoms with Gasteiger partial charge < -0.3 is 82.6 Å². The van der Waals surface area contributed by atoms with Crippen LogP contribution >= 0.6 is 12.4 Å². The number of carbonyl (C=O) groups is 5. The van der Waals surface area contributed by atoms with Gasteiger partial charge in [-0.2, -0.15) is 0 Å². The first-order valence-electron chi connectivity index (χ1n) is 37.4. The second-order valence-corrected chi connectivity index (χ2v) is 28.5. The van der Waals surface area contributed by atoms with Crippen LogP contribution in [0.25, 0.3) is 83.0 Å². The number of anilines is 2. The Kier molecular flexibility index (Phi) is 27.5. The van der Waals surface area contributed by atoms with Crippen molar-refractivity contribution in [1.29, 1.82) is 0 Å². The number of nitrogens with two attached hydrogens (primary N) is 1. The fourth-order valence-electron chi connectivity index (χ4n) is 15.2. The van der Waals surface area contributed by atoms with Crippen LogP contribution in [0.5, 0.6) is 0 Å². The predicted octanol–water partition coefficient (Wildman–Crippen LogP) is 6.80. The number of imidazole rings is 3. The fraction of sp³-hybridized carbons (Fsp3) is 0.244. The summed E-state index contributed by atoms with van der Waals surface area (Å²) in [4.78, 5) is 119. The van der Waals surface area contributed by atoms with Gasteiger partial charge in [-0.25, -0.2) is 42.1 Å². The van der Waals surface area contributed by atoms with E-state index < -0.39 is 82.2 Å². The largest absolute Gasteiger partial charge is 1.00 e. The number of hydrogen-bond acceptors (Lipinski definition) is 19. The van der Waals surface area contributed by atoms with E-state index in [-0.39, 0.29) is 84.0 Å². The molecule has 0 aliphatic carbocycles. The molecule has 0 radical (unpaired) electrons. The van der Waals surface area contributed by atoms with Gasteiger partial charge in [0.05, 0.1) is 73.9 Å². The number of benzene rings is 5. The average molecular weight is 1650 g/mol. The third-order valence-corrected chi connectivity index (χ3v) is 21.2. The monoisotopic (exact) mass is 1650 g/mol. The Labute approximate surface area is 700 Å². The molecule has 28 nitrogen and oxygen atoms in total. The summed E-state index contributed by atoms with van der Waals surface area (Å²) in [6, 6.07) is 39.3. The van der Waals surface area contributed by atoms with E-state index in [1.165, 1.54) is 13.3 Å². The molecular weight excluding hydrogens is 1570 g/mol. The molecular formula is C86H82ClF4LiN14O14. The van der Waals surface area contributed by atoms with Crippen LogP contribution in [-0.2, 0) is 73.7 Å². The molecule has 9 aromatic heterocycles. The molecule has 6 N–H and O–H groups in total. The first-order valence-corrected chi connectivity index (χ1v) is 37.4. The summed E-state index contributed by atoms with van der Waals surface area (Å²) in [6.45, 7) is 6.25. The predicted molar refractivity (Wildman–Crippen MR) is 441 cm³/mol. The first-order chi connectivity index (χ1) is 56.3. The number of ether oxygens (including phenoxy) is 4. The molecule has 0 spiro atoms. The number of fused-ring (bicyclic) bond motifs is 6. The third-order valence-electron chi connectivity index (χ3n) is 21.2. The topological polar surface area (TPSA) is 347 Å². The summed E-state index contributed by atoms with van der Waals surface area (Å²) < 4.78 is 91.0. The number of aryl methyl sites for hydroxylation is 3. The number of carbonyl (C=O) groups excluding carboxylic acids is 4. The van der Waals surface area contributed by atoms with E-state index in [4.69, 9.17) is 24.7 Å². The quantitative estimate of drug-likeness (QED) is 0.0390. The zero-order valence-electron chi connectivity index (χ0n) is 66.4. The number of pyridine rings is 6. The number of morpholine rings is 2. The molecule has 2 aliphatic heterocycles. The molecule has 120 heavy (non-hydrogen) atoms. The minimum absolute atomic E-state index is 0. The van der Waals surface area contributed by atoms with Gasteiger partial charge in [-0.05, 0) is 127 Å². The number of nitrogens with one attached hydrogen (secondary N) is 2. The van der Waals surface area contributed by atoms with Gasteiger partial charge in [-0.15, -0.1) is 12.4 Å². The maximum absolute atomic E-state index is 15.2. The molecule has 2 amide bonds. The standard InChI is InChI=1S/C33H31F2N5O5.C32H29F2N5O5.C21H20N4O3.ClH.Li.H2O/c1-19-18-45-13-12-39(19)22-15-25(34)29(26(35)16-22)31(41)37-27(33(43)44-3)17-21-8-9-23(30-36-10-11-40(21)30)24-14-20-6-4-5-7-28(20)38(2)32(24)42;1-18-17-44-12-11-38(18)21-14-24(33)28(25(34)15-21)30(40)36-26(32(42)43)16-20-7-8-22(29-35-9-10-39(20)29)23-13-19-5-3-4-6-27(19)37(2)31(23)41;1-24-18-6-4-3-5-13(18)11-16(20(24)26)15-8-7-14(12-17(22)21(27)28-2)25-10-9-23-19(15)25;;;/h4-11,14-16,19,27H,12-13,17-18H2,1-3H3,(H,37,41);3-10,13-15,18,26H,11-12,16-17H2,1-2H3,(H,36,40)(H,42,43);3-11,17H,12,22H2,1-2H3;1H;;1H2/q;;;;+1;/p-1/t19-,27+;18-,26+;17-;;;/m110.../s1. The van der Waals surface area contributed by atoms with Crippen LogP contribution in [0.2, 0.25) is 0 Å². The molecule has 616 valence electrons. The minimum atomic E-state index is -1.52. The summed E-state index contributed by atoms with van der Waals surface area (Å²) >= 11 is 0. The van der Waals surface area contributed by atoms with Crippen molar-refractivity contribution in [1.82, 2.24) is 52.5 Å². The summed E-state index contributed by atoms with van der Waals surface area (Å²) in [5.74, 6) is -9.25. The second-order valence-electron chi connectivity index (χ2n) is 28.5. The number of carboxylic acids is 1. The molecule has 0 unspecified atom stereocenters. The van der Waals surface area contributed by atoms with Crippen molar-refractivity contribution in [2.24, 2.45) is 26.9 Å². The Bertz CT molecular complexity index is 6430. The normalized spacial score (nSPS) is 14.6. The molecule has 5 atom stereocenters. The molecule has 11 heterocycles. The first kappa shape index (κ1) is 88.0. The molecule has 0 bridgehead atoms. The van der Waals surface area contributed by atoms with Gasteiger partial charge in [-0.3, -0.25) is 28.8 Å². The van der Waals surface area contributed by atoms with Crippen molar-refractivity contribution in [3.05, 3.63) is 271 Å². The smallest absolute Gasteiger partial charge is 0.870 e. The van der Waals surface area contributed by atoms with Crippen molar-refractivity contribution in [2.75, 3.05) is 63.5 Å². The number of aliphatic carboxylic acids is 1. The van der Waals surface area contributed by atoms with E-state index in [1.807, 2.05) is 120 Å². The van der Waals surface area contributed by atoms with Gasteiger partial charge in [0.15, 0.2) is 0 Å². The molecule has 0 saturated carbocycles. The number of rotatable bonds is 18. The Balaban J connectivity index is 0.000000179. The number of nitrogens with zero attached hydrogens (tertiary/aromatic N) is 11. The van der Waals surface area contributed by atoms with Crippen molar-refractivity contribution < 1.29 is 89.9 Å². The molecule has 16 rings (SSSR count). The number of methoxy groups -OCH3 is 2. The van der Waals surface area contributed by atoms with Gasteiger partial charge in [0, 0.05) is 148 Å². The van der Waals surface area contributed by atoms with Gasteiger partial charge in [-0.1, -0.05) is 54.6 Å². The van der Waals surface area contributed by atoms with Crippen LogP contribution in [0.3, 0.4) is 0 Å². The third kappa shape index (κ3) is 17.5. The minimum Gasteiger partial charge on any atom is -0.870 e. The van der Waals surface area contributed by atoms with E-state index in [9.17, 15) is 43.5 Å². The van der Waals surface area contributed by atoms with Crippen LogP contribution in [0.1, 0.15) is 51.6 Å². The van der Waals surface area contributed by atoms with Crippen molar-refractivity contribution in [2.45, 2.75) is 63.3 Å². The maximum atomic E-state index is 15.2. The van der Waals surface area contributed by atoms with E-state index in [0.717, 1.165) is 75.3 Å². The van der Waals surface area contributed by atoms with Crippen LogP contribution in [0.4, 0.5) is 28.9 Å². The molecule has 34 heteroatoms. The van der Waals surface area contributed by atoms with Crippen molar-refractivity contribution in [3.8, 4) is 33.4 Å². The molecule has 14 aromatic rings. The van der Waals surface area contributed by atoms with Gasteiger partial charge in [0.25, 0.3) is 28.5 Å². The second kappa shape index (κ2) is 37.4. The van der Waals surface area contributed by atoms with E-state index in [2.05, 4.69) is 25.6 Å². The van der Waals surface area contributed by atoms with Crippen LogP contribution in [0, 0.1) is 23.3 Å². The number of hydrogen-bond donors (Lipinski definition) is 4. The van der Waals surface area contributed by atoms with Crippen molar-refractivity contribution in [3.63, 3.8) is 0 Å². The molecule has 2 aliphatic rings. The summed E-state index contributed by atoms with van der Waals surface area (Å²) in [5.41, 5.74) is 13.3. The molecule has 5 aromatic carbocycles. The Morgan fingerprint density at radius 3 is 1.15 bits per heavy atom. The molecule has 2 fully saturated rings. The summed E-state index contributed by atoms with van der Waals surface area (Å²) in [7, 11) is 7.63. The van der Waals surface area contributed by atoms with Crippen LogP contribution in [-0.4, -0.2) is 166 Å². The molecule has 2 saturated heterocycles. The number of amides is 2. The van der Waals surface area contributed by atoms with Crippen molar-refractivity contribution >= 4 is 103 Å². The fourth-order valence-corrected chi connectivity index (χ4v) is 15.2. The SMILES string of the molecule is COC(=O)[C@@H](N)Cc1ccc(-c2cc3ccccc3n(C)c2=O)c2nccn12.COC(=O)[C@H](Cc1ccc(-c2cc3ccccc3n(C)c2=O)c2nccn12)NC(=O)c1c(F)cc(N2CCOC[C@H]2C)cc1F.C[C@@H]1COCCN1c1cc(F)c(C(=O)N[C@@H](Cc2ccc(-c3cc4ccccc4n(C)c3=O)c3nccn23)C(=O)O)c(F)c1.Cl.[Li+].[OH-]. The van der Waals surface area contributed by atoms with Crippen LogP contribution < -0.4 is 61.7 Å². The Morgan fingerprint density at radius 2 is 0.817 bits per heavy atom. The van der Waals surface area contributed by atoms with Crippen LogP contribution in [0.15, 0.2) is 203 Å². The Hall–Kier alpha value is -12.8. The number of halogens is 5. The zero-order valence-corrected chi connectivity index (χ0v) is 67.2. The van der Waals surface area contributed by atoms with Gasteiger partial charge >= 0.3 is 36.8 Å². The maximum Gasteiger partial charge on any atom is 1.00 e. The van der Waals surface area contributed by atoms with Gasteiger partial charge in [0.2, 0.25) is 0 Å². The summed E-state index contributed by atoms with van der Waals surface area (Å²) in [5, 5.41) is 17.4. The zero-order chi connectivity index (χ0) is 82.8. The van der Waals surface area contributed by atoms with E-state index >= 15 is 17.6 Å². The number of aromatic nitrogens is 9. The van der Waals surface area contributed by atoms with E-state index in [1.54, 1.807) is 110 Å². The number of carboxylic acid groups (broad SMARTS) is 1. The number of esters is 2. The average Bonchev–Trinajstić information content (AvgIpc) is 1.47. The summed E-state index contributed by atoms with van der Waals surface area (Å²) in [6.07, 6.45) is 9.80. The Morgan fingerprint density at radius 1 is 0.492 bits per heavy atom. The van der Waals surface area contributed by atoms with E-state index in [0.29, 0.717) is 108 Å². The van der Waals surface area contributed by atoms with Gasteiger partial charge in [0.1, 0.15) is 69.5 Å².